The molecule has 1 spiro atoms. The number of rotatable bonds is 4. The Kier molecular flexibility index (Phi) is 6.12. The van der Waals surface area contributed by atoms with Crippen molar-refractivity contribution in [2.75, 3.05) is 30.9 Å². The van der Waals surface area contributed by atoms with Gasteiger partial charge in [0.15, 0.2) is 10.9 Å². The van der Waals surface area contributed by atoms with Crippen molar-refractivity contribution in [1.82, 2.24) is 9.97 Å². The molecule has 0 atom stereocenters. The third-order valence-corrected chi connectivity index (χ3v) is 6.52. The minimum absolute atomic E-state index is 0.0548. The monoisotopic (exact) mass is 461 g/mol. The van der Waals surface area contributed by atoms with Gasteiger partial charge in [0.05, 0.1) is 18.6 Å². The largest absolute Gasteiger partial charge is 0.486 e. The van der Waals surface area contributed by atoms with Gasteiger partial charge in [-0.05, 0) is 37.8 Å². The summed E-state index contributed by atoms with van der Waals surface area (Å²) in [7, 11) is 0. The highest BCUT2D eigenvalue weighted by atomic mass is 35.5. The number of thioether (sulfide) groups is 1. The molecule has 164 valence electrons. The van der Waals surface area contributed by atoms with E-state index in [0.29, 0.717) is 65.2 Å². The molecule has 2 aliphatic rings. The van der Waals surface area contributed by atoms with Crippen molar-refractivity contribution in [1.29, 1.82) is 0 Å². The molecule has 2 aromatic rings. The first-order chi connectivity index (χ1) is 14.9. The van der Waals surface area contributed by atoms with E-state index in [-0.39, 0.29) is 12.4 Å². The highest BCUT2D eigenvalue weighted by molar-refractivity contribution is 7.98. The van der Waals surface area contributed by atoms with E-state index in [2.05, 4.69) is 14.9 Å². The van der Waals surface area contributed by atoms with E-state index < -0.39 is 11.6 Å². The first-order valence-corrected chi connectivity index (χ1v) is 11.8. The van der Waals surface area contributed by atoms with E-state index in [4.69, 9.17) is 21.1 Å². The van der Waals surface area contributed by atoms with Gasteiger partial charge >= 0.3 is 5.97 Å². The molecule has 4 rings (SSSR count). The van der Waals surface area contributed by atoms with Crippen LogP contribution in [0.25, 0.3) is 0 Å². The van der Waals surface area contributed by atoms with Crippen molar-refractivity contribution in [2.45, 2.75) is 43.9 Å². The normalized spacial score (nSPS) is 17.3. The van der Waals surface area contributed by atoms with Gasteiger partial charge in [-0.15, -0.1) is 0 Å². The molecule has 1 saturated heterocycles. The summed E-state index contributed by atoms with van der Waals surface area (Å²) in [4.78, 5) is 36.2. The molecule has 0 N–H and O–H groups in total. The summed E-state index contributed by atoms with van der Waals surface area (Å²) in [5.74, 6) is 0.821. The minimum Gasteiger partial charge on any atom is -0.486 e. The van der Waals surface area contributed by atoms with Crippen LogP contribution in [0.5, 0.6) is 5.75 Å². The number of carbonyl (C=O) groups is 2. The molecular weight excluding hydrogens is 438 g/mol. The average molecular weight is 462 g/mol. The molecule has 2 aliphatic heterocycles. The van der Waals surface area contributed by atoms with Gasteiger partial charge in [-0.2, -0.15) is 0 Å². The number of esters is 1. The number of aromatic nitrogens is 2. The van der Waals surface area contributed by atoms with E-state index in [1.165, 1.54) is 18.0 Å². The Morgan fingerprint density at radius 1 is 1.35 bits per heavy atom. The minimum atomic E-state index is -0.557. The van der Waals surface area contributed by atoms with Crippen molar-refractivity contribution in [2.24, 2.45) is 0 Å². The molecule has 0 unspecified atom stereocenters. The van der Waals surface area contributed by atoms with Crippen LogP contribution >= 0.6 is 23.4 Å². The predicted octanol–water partition coefficient (Wildman–Crippen LogP) is 4.34. The van der Waals surface area contributed by atoms with Crippen molar-refractivity contribution >= 4 is 40.9 Å². The van der Waals surface area contributed by atoms with Gasteiger partial charge < -0.3 is 14.4 Å². The summed E-state index contributed by atoms with van der Waals surface area (Å²) in [6.07, 6.45) is 5.02. The van der Waals surface area contributed by atoms with Crippen LogP contribution in [0.2, 0.25) is 5.02 Å². The smallest absolute Gasteiger partial charge is 0.343 e. The lowest BCUT2D eigenvalue weighted by Gasteiger charge is -2.44. The lowest BCUT2D eigenvalue weighted by atomic mass is 9.82. The predicted molar refractivity (Wildman–Crippen MR) is 120 cm³/mol. The molecular formula is C22H24ClN3O4S. The molecule has 1 aromatic heterocycles. The number of aryl methyl sites for hydroxylation is 1. The highest BCUT2D eigenvalue weighted by Gasteiger charge is 2.44. The summed E-state index contributed by atoms with van der Waals surface area (Å²) >= 11 is 7.55. The van der Waals surface area contributed by atoms with E-state index in [9.17, 15) is 9.59 Å². The molecule has 9 heteroatoms. The second-order valence-corrected chi connectivity index (χ2v) is 9.00. The maximum absolute atomic E-state index is 12.9. The zero-order valence-corrected chi connectivity index (χ0v) is 19.3. The van der Waals surface area contributed by atoms with E-state index in [1.54, 1.807) is 13.0 Å². The fraction of sp³-hybridized carbons (Fsp3) is 0.455. The quantitative estimate of drug-likeness (QED) is 0.378. The van der Waals surface area contributed by atoms with Crippen LogP contribution in [0.1, 0.15) is 52.5 Å². The number of hydrogen-bond acceptors (Lipinski definition) is 8. The second kappa shape index (κ2) is 8.67. The number of hydrogen-bond donors (Lipinski definition) is 0. The number of benzene rings is 1. The van der Waals surface area contributed by atoms with Crippen LogP contribution in [0.3, 0.4) is 0 Å². The summed E-state index contributed by atoms with van der Waals surface area (Å²) in [5, 5.41) is 1.13. The van der Waals surface area contributed by atoms with Crippen molar-refractivity contribution in [3.05, 3.63) is 40.0 Å². The van der Waals surface area contributed by atoms with E-state index in [1.807, 2.05) is 19.2 Å². The molecule has 7 nitrogen and oxygen atoms in total. The third-order valence-electron chi connectivity index (χ3n) is 5.74. The Balaban J connectivity index is 1.58. The van der Waals surface area contributed by atoms with E-state index >= 15 is 0 Å². The summed E-state index contributed by atoms with van der Waals surface area (Å²) in [6, 6.07) is 3.50. The zero-order valence-electron chi connectivity index (χ0n) is 17.7. The summed E-state index contributed by atoms with van der Waals surface area (Å²) < 4.78 is 11.6. The lowest BCUT2D eigenvalue weighted by Crippen LogP contribution is -2.51. The molecule has 0 radical (unpaired) electrons. The molecule has 0 amide bonds. The number of nitrogens with zero attached hydrogens (tertiary/aromatic N) is 3. The molecule has 0 aliphatic carbocycles. The maximum Gasteiger partial charge on any atom is 0.343 e. The second-order valence-electron chi connectivity index (χ2n) is 7.79. The molecule has 1 aromatic carbocycles. The van der Waals surface area contributed by atoms with Crippen molar-refractivity contribution in [3.8, 4) is 5.75 Å². The van der Waals surface area contributed by atoms with Gasteiger partial charge in [-0.25, -0.2) is 14.8 Å². The van der Waals surface area contributed by atoms with Gasteiger partial charge in [-0.1, -0.05) is 23.4 Å². The van der Waals surface area contributed by atoms with Gasteiger partial charge in [0.2, 0.25) is 0 Å². The number of ketones is 1. The molecule has 3 heterocycles. The molecule has 31 heavy (non-hydrogen) atoms. The van der Waals surface area contributed by atoms with Crippen LogP contribution in [0.4, 0.5) is 5.82 Å². The van der Waals surface area contributed by atoms with E-state index in [0.717, 1.165) is 5.56 Å². The Bertz CT molecular complexity index is 1040. The molecule has 0 saturated carbocycles. The number of halogens is 1. The number of anilines is 1. The summed E-state index contributed by atoms with van der Waals surface area (Å²) in [6.45, 7) is 5.16. The Morgan fingerprint density at radius 3 is 2.77 bits per heavy atom. The molecule has 0 bridgehead atoms. The van der Waals surface area contributed by atoms with Crippen LogP contribution in [0, 0.1) is 6.92 Å². The number of ether oxygens (including phenoxy) is 2. The van der Waals surface area contributed by atoms with Crippen molar-refractivity contribution in [3.63, 3.8) is 0 Å². The number of carbonyl (C=O) groups excluding carboxylic acids is 2. The highest BCUT2D eigenvalue weighted by Crippen LogP contribution is 2.42. The van der Waals surface area contributed by atoms with Crippen LogP contribution in [-0.2, 0) is 4.74 Å². The SMILES string of the molecule is CCOC(=O)c1cnc(SC)nc1N1CCC2(CC1)CC(=O)c1cc(Cl)cc(C)c1O2. The zero-order chi connectivity index (χ0) is 22.2. The van der Waals surface area contributed by atoms with Crippen molar-refractivity contribution < 1.29 is 19.1 Å². The number of fused-ring (bicyclic) bond motifs is 1. The Hall–Kier alpha value is -2.32. The average Bonchev–Trinajstić information content (AvgIpc) is 2.75. The standard InChI is InChI=1S/C22H24ClN3O4S/c1-4-29-20(28)16-12-24-21(31-3)25-19(16)26-7-5-22(6-8-26)11-17(27)15-10-14(23)9-13(2)18(15)30-22/h9-10,12H,4-8,11H2,1-3H3. The number of piperidine rings is 1. The van der Waals surface area contributed by atoms with Crippen LogP contribution in [-0.4, -0.2) is 53.3 Å². The third kappa shape index (κ3) is 4.23. The lowest BCUT2D eigenvalue weighted by molar-refractivity contribution is 0.0225. The maximum atomic E-state index is 12.9. The first-order valence-electron chi connectivity index (χ1n) is 10.2. The van der Waals surface area contributed by atoms with Crippen LogP contribution in [0.15, 0.2) is 23.5 Å². The Morgan fingerprint density at radius 2 is 2.10 bits per heavy atom. The summed E-state index contributed by atoms with van der Waals surface area (Å²) in [5.41, 5.74) is 1.22. The van der Waals surface area contributed by atoms with Gasteiger partial charge in [0, 0.05) is 37.2 Å². The topological polar surface area (TPSA) is 81.6 Å². The van der Waals surface area contributed by atoms with Gasteiger partial charge in [0.25, 0.3) is 0 Å². The number of Topliss-reactive ketones (excluding diaryl/α,β-unsaturated/α-hetero) is 1. The fourth-order valence-corrected chi connectivity index (χ4v) is 4.78. The Labute approximate surface area is 190 Å². The van der Waals surface area contributed by atoms with Gasteiger partial charge in [-0.3, -0.25) is 4.79 Å². The molecule has 1 fully saturated rings. The fourth-order valence-electron chi connectivity index (χ4n) is 4.17. The first kappa shape index (κ1) is 21.9. The van der Waals surface area contributed by atoms with Crippen LogP contribution < -0.4 is 9.64 Å². The van der Waals surface area contributed by atoms with Gasteiger partial charge in [0.1, 0.15) is 22.7 Å².